The maximum Gasteiger partial charge on any atom is 0.207 e. The van der Waals surface area contributed by atoms with Crippen LogP contribution in [0.3, 0.4) is 0 Å². The van der Waals surface area contributed by atoms with Gasteiger partial charge >= 0.3 is 0 Å². The van der Waals surface area contributed by atoms with E-state index in [2.05, 4.69) is 103 Å². The number of carboxylic acid groups (broad SMARTS) is 2. The highest BCUT2D eigenvalue weighted by Crippen LogP contribution is 2.27. The van der Waals surface area contributed by atoms with Crippen molar-refractivity contribution < 1.29 is 37.2 Å². The third kappa shape index (κ3) is 30.6. The number of hydrogen-bond donors (Lipinski definition) is 0. The highest BCUT2D eigenvalue weighted by Gasteiger charge is 2.24. The smallest absolute Gasteiger partial charge is 0.207 e. The Kier molecular flexibility index (Phi) is 34.8. The molecule has 9 heteroatoms. The molecule has 0 aromatic heterocycles. The Balaban J connectivity index is 0.000000377. The van der Waals surface area contributed by atoms with Crippen molar-refractivity contribution in [1.82, 2.24) is 0 Å². The molecule has 0 aliphatic heterocycles. The summed E-state index contributed by atoms with van der Waals surface area (Å²) in [5, 5.41) is 22.0. The van der Waals surface area contributed by atoms with E-state index in [0.717, 1.165) is 46.3 Å². The van der Waals surface area contributed by atoms with Crippen molar-refractivity contribution in [2.45, 2.75) is 217 Å². The van der Waals surface area contributed by atoms with E-state index in [0.29, 0.717) is 0 Å². The number of hydrogen-bond acceptors (Lipinski definition) is 6. The summed E-state index contributed by atoms with van der Waals surface area (Å²) in [6, 6.07) is 31.5. The number of sulfone groups is 1. The SMILES string of the molecule is CCCCCCCCCCCCCCCC[N+](C)(C)Cc1ccccc1.CCCCCCCCCCCCCCCC[N+](C)(C)Cc1ccccc1.O=C([O-])c1ccccc1S(=O)(=O)c1ccccc1C(=O)[O-]. The molecule has 4 aromatic rings. The van der Waals surface area contributed by atoms with E-state index in [9.17, 15) is 28.2 Å². The van der Waals surface area contributed by atoms with Crippen LogP contribution in [0, 0.1) is 0 Å². The van der Waals surface area contributed by atoms with Gasteiger partial charge < -0.3 is 28.8 Å². The van der Waals surface area contributed by atoms with Gasteiger partial charge in [-0.3, -0.25) is 0 Å². The minimum atomic E-state index is -4.33. The summed E-state index contributed by atoms with van der Waals surface area (Å²) in [4.78, 5) is 21.0. The molecule has 0 aliphatic rings. The molecule has 0 saturated heterocycles. The van der Waals surface area contributed by atoms with Gasteiger partial charge in [-0.05, 0) is 37.8 Å². The lowest BCUT2D eigenvalue weighted by molar-refractivity contribution is -0.903. The molecule has 0 heterocycles. The number of carbonyl (C=O) groups excluding carboxylic acids is 2. The van der Waals surface area contributed by atoms with Crippen molar-refractivity contribution >= 4 is 21.8 Å². The third-order valence-electron chi connectivity index (χ3n) is 13.9. The second kappa shape index (κ2) is 39.2. The van der Waals surface area contributed by atoms with Crippen molar-refractivity contribution in [1.29, 1.82) is 0 Å². The average molecular weight is 1030 g/mol. The normalized spacial score (nSPS) is 11.6. The summed E-state index contributed by atoms with van der Waals surface area (Å²) < 4.78 is 27.2. The molecule has 8 nitrogen and oxygen atoms in total. The molecule has 73 heavy (non-hydrogen) atoms. The van der Waals surface area contributed by atoms with Gasteiger partial charge in [-0.25, -0.2) is 8.42 Å². The Morgan fingerprint density at radius 3 is 0.849 bits per heavy atom. The first-order valence-electron chi connectivity index (χ1n) is 28.7. The van der Waals surface area contributed by atoms with Crippen LogP contribution in [0.1, 0.15) is 225 Å². The Labute approximate surface area is 446 Å². The quantitative estimate of drug-likeness (QED) is 0.0326. The summed E-state index contributed by atoms with van der Waals surface area (Å²) in [6.07, 6.45) is 40.4. The van der Waals surface area contributed by atoms with Crippen molar-refractivity contribution in [3.8, 4) is 0 Å². The standard InChI is InChI=1S/2C25H46N.C14H10O6S/c2*1-4-5-6-7-8-9-10-11-12-13-14-15-16-20-23-26(2,3)24-25-21-18-17-19-22-25;15-13(16)9-5-1-3-7-11(9)21(19,20)12-8-4-2-6-10(12)14(17)18/h2*17-19,21-22H,4-16,20,23-24H2,1-3H3;1-8H,(H,15,16)(H,17,18)/q2*+1;/p-2. The number of carboxylic acids is 2. The Morgan fingerprint density at radius 2 is 0.589 bits per heavy atom. The molecule has 0 aliphatic carbocycles. The topological polar surface area (TPSA) is 114 Å². The predicted octanol–water partition coefficient (Wildman–Crippen LogP) is 14.7. The van der Waals surface area contributed by atoms with Crippen LogP contribution in [0.4, 0.5) is 0 Å². The Bertz CT molecular complexity index is 1980. The molecule has 0 bridgehead atoms. The maximum atomic E-state index is 12.5. The van der Waals surface area contributed by atoms with Crippen molar-refractivity contribution in [3.63, 3.8) is 0 Å². The molecule has 0 atom stereocenters. The fourth-order valence-electron chi connectivity index (χ4n) is 9.64. The van der Waals surface area contributed by atoms with E-state index >= 15 is 0 Å². The predicted molar refractivity (Wildman–Crippen MR) is 302 cm³/mol. The van der Waals surface area contributed by atoms with Gasteiger partial charge in [-0.1, -0.05) is 265 Å². The minimum absolute atomic E-state index is 0.529. The zero-order chi connectivity index (χ0) is 53.5. The van der Waals surface area contributed by atoms with Crippen molar-refractivity contribution in [2.24, 2.45) is 0 Å². The highest BCUT2D eigenvalue weighted by atomic mass is 32.2. The molecule has 0 radical (unpaired) electrons. The van der Waals surface area contributed by atoms with E-state index < -0.39 is 42.7 Å². The fraction of sp³-hybridized carbons (Fsp3) is 0.594. The number of nitrogens with zero attached hydrogens (tertiary/aromatic N) is 2. The van der Waals surface area contributed by atoms with Crippen LogP contribution < -0.4 is 10.2 Å². The molecular formula is C64H100N2O6S. The molecule has 4 rings (SSSR count). The number of benzene rings is 4. The lowest BCUT2D eigenvalue weighted by atomic mass is 10.0. The van der Waals surface area contributed by atoms with Gasteiger partial charge in [-0.2, -0.15) is 0 Å². The first-order valence-corrected chi connectivity index (χ1v) is 30.2. The molecule has 0 unspecified atom stereocenters. The van der Waals surface area contributed by atoms with Gasteiger partial charge in [-0.15, -0.1) is 0 Å². The monoisotopic (exact) mass is 1020 g/mol. The maximum absolute atomic E-state index is 12.5. The first kappa shape index (κ1) is 64.8. The van der Waals surface area contributed by atoms with E-state index in [1.54, 1.807) is 0 Å². The molecule has 4 aromatic carbocycles. The fourth-order valence-corrected chi connectivity index (χ4v) is 11.3. The summed E-state index contributed by atoms with van der Waals surface area (Å²) >= 11 is 0. The van der Waals surface area contributed by atoms with Gasteiger partial charge in [0, 0.05) is 22.3 Å². The summed E-state index contributed by atoms with van der Waals surface area (Å²) in [7, 11) is 5.15. The van der Waals surface area contributed by atoms with Gasteiger partial charge in [0.25, 0.3) is 0 Å². The van der Waals surface area contributed by atoms with Gasteiger partial charge in [0.1, 0.15) is 13.1 Å². The minimum Gasteiger partial charge on any atom is -0.545 e. The Hall–Kier alpha value is -4.31. The third-order valence-corrected chi connectivity index (χ3v) is 15.8. The van der Waals surface area contributed by atoms with Crippen LogP contribution in [-0.4, -0.2) is 70.6 Å². The van der Waals surface area contributed by atoms with Gasteiger partial charge in [0.15, 0.2) is 0 Å². The van der Waals surface area contributed by atoms with Gasteiger partial charge in [0.05, 0.1) is 63.0 Å². The molecule has 0 amide bonds. The van der Waals surface area contributed by atoms with Crippen LogP contribution in [-0.2, 0) is 22.9 Å². The van der Waals surface area contributed by atoms with E-state index in [4.69, 9.17) is 0 Å². The largest absolute Gasteiger partial charge is 0.545 e. The van der Waals surface area contributed by atoms with Crippen LogP contribution in [0.25, 0.3) is 0 Å². The number of unbranched alkanes of at least 4 members (excludes halogenated alkanes) is 26. The number of rotatable bonds is 38. The molecule has 0 fully saturated rings. The second-order valence-electron chi connectivity index (χ2n) is 21.9. The lowest BCUT2D eigenvalue weighted by Crippen LogP contribution is -2.39. The van der Waals surface area contributed by atoms with Crippen LogP contribution >= 0.6 is 0 Å². The zero-order valence-corrected chi connectivity index (χ0v) is 47.6. The molecule has 0 saturated carbocycles. The van der Waals surface area contributed by atoms with Gasteiger partial charge in [0.2, 0.25) is 9.84 Å². The summed E-state index contributed by atoms with van der Waals surface area (Å²) in [5.41, 5.74) is 1.85. The van der Waals surface area contributed by atoms with E-state index in [-0.39, 0.29) is 0 Å². The lowest BCUT2D eigenvalue weighted by Gasteiger charge is -2.30. The molecular weight excluding hydrogens is 925 g/mol. The summed E-state index contributed by atoms with van der Waals surface area (Å²) in [6.45, 7) is 9.49. The van der Waals surface area contributed by atoms with E-state index in [1.807, 2.05) is 0 Å². The average Bonchev–Trinajstić information content (AvgIpc) is 3.37. The first-order chi connectivity index (χ1) is 35.1. The molecule has 0 spiro atoms. The Morgan fingerprint density at radius 1 is 0.356 bits per heavy atom. The number of aromatic carboxylic acids is 2. The van der Waals surface area contributed by atoms with Crippen molar-refractivity contribution in [3.05, 3.63) is 131 Å². The molecule has 0 N–H and O–H groups in total. The number of quaternary nitrogens is 2. The molecule has 408 valence electrons. The van der Waals surface area contributed by atoms with Crippen LogP contribution in [0.2, 0.25) is 0 Å². The van der Waals surface area contributed by atoms with Crippen LogP contribution in [0.15, 0.2) is 119 Å². The van der Waals surface area contributed by atoms with Crippen molar-refractivity contribution in [2.75, 3.05) is 41.3 Å². The number of carbonyl (C=O) groups is 2. The highest BCUT2D eigenvalue weighted by molar-refractivity contribution is 7.91. The summed E-state index contributed by atoms with van der Waals surface area (Å²) in [5.74, 6) is -3.33. The van der Waals surface area contributed by atoms with Crippen LogP contribution in [0.5, 0.6) is 0 Å². The van der Waals surface area contributed by atoms with E-state index in [1.165, 1.54) is 228 Å². The second-order valence-corrected chi connectivity index (χ2v) is 23.8. The zero-order valence-electron chi connectivity index (χ0n) is 46.8.